The molecule has 0 aromatic heterocycles. The minimum Gasteiger partial charge on any atom is -0.454 e. The molecule has 0 saturated carbocycles. The Morgan fingerprint density at radius 2 is 2.00 bits per heavy atom. The van der Waals surface area contributed by atoms with Crippen molar-refractivity contribution in [2.75, 3.05) is 11.9 Å². The van der Waals surface area contributed by atoms with Crippen LogP contribution in [-0.4, -0.2) is 30.4 Å². The summed E-state index contributed by atoms with van der Waals surface area (Å²) in [7, 11) is 0. The van der Waals surface area contributed by atoms with Crippen molar-refractivity contribution in [3.8, 4) is 0 Å². The predicted octanol–water partition coefficient (Wildman–Crippen LogP) is 1.57. The van der Waals surface area contributed by atoms with E-state index in [0.717, 1.165) is 0 Å². The van der Waals surface area contributed by atoms with Gasteiger partial charge in [-0.25, -0.2) is 4.79 Å². The van der Waals surface area contributed by atoms with E-state index in [4.69, 9.17) is 4.74 Å². The number of amides is 2. The molecule has 118 valence electrons. The summed E-state index contributed by atoms with van der Waals surface area (Å²) in [6.07, 6.45) is 0.726. The number of nitrogens with one attached hydrogen (secondary N) is 2. The quantitative estimate of drug-likeness (QED) is 0.809. The second-order valence-electron chi connectivity index (χ2n) is 5.59. The smallest absolute Gasteiger partial charge is 0.329 e. The highest BCUT2D eigenvalue weighted by atomic mass is 16.5. The van der Waals surface area contributed by atoms with Gasteiger partial charge < -0.3 is 15.4 Å². The predicted molar refractivity (Wildman–Crippen MR) is 81.3 cm³/mol. The van der Waals surface area contributed by atoms with E-state index >= 15 is 0 Å². The third-order valence-electron chi connectivity index (χ3n) is 3.49. The van der Waals surface area contributed by atoms with Crippen molar-refractivity contribution < 1.29 is 19.1 Å². The summed E-state index contributed by atoms with van der Waals surface area (Å²) in [6, 6.07) is 6.88. The molecule has 1 aliphatic heterocycles. The van der Waals surface area contributed by atoms with Crippen molar-refractivity contribution in [1.29, 1.82) is 0 Å². The monoisotopic (exact) mass is 304 g/mol. The number of carbonyl (C=O) groups excluding carboxylic acids is 3. The number of benzene rings is 1. The average Bonchev–Trinajstić information content (AvgIpc) is 2.92. The van der Waals surface area contributed by atoms with Crippen molar-refractivity contribution >= 4 is 23.5 Å². The number of hydrogen-bond donors (Lipinski definition) is 2. The topological polar surface area (TPSA) is 84.5 Å². The van der Waals surface area contributed by atoms with Crippen molar-refractivity contribution in [3.63, 3.8) is 0 Å². The second-order valence-corrected chi connectivity index (χ2v) is 5.59. The molecule has 1 aliphatic rings. The van der Waals surface area contributed by atoms with Crippen molar-refractivity contribution in [3.05, 3.63) is 29.8 Å². The zero-order chi connectivity index (χ0) is 16.1. The second kappa shape index (κ2) is 7.06. The number of anilines is 1. The van der Waals surface area contributed by atoms with Gasteiger partial charge in [0.25, 0.3) is 5.91 Å². The van der Waals surface area contributed by atoms with Crippen LogP contribution in [0.3, 0.4) is 0 Å². The van der Waals surface area contributed by atoms with E-state index in [1.165, 1.54) is 5.56 Å². The van der Waals surface area contributed by atoms with Crippen molar-refractivity contribution in [2.24, 2.45) is 0 Å². The van der Waals surface area contributed by atoms with Gasteiger partial charge in [0.15, 0.2) is 6.61 Å². The molecule has 2 N–H and O–H groups in total. The Labute approximate surface area is 129 Å². The van der Waals surface area contributed by atoms with E-state index in [9.17, 15) is 14.4 Å². The largest absolute Gasteiger partial charge is 0.454 e. The summed E-state index contributed by atoms with van der Waals surface area (Å²) >= 11 is 0. The number of hydrogen-bond acceptors (Lipinski definition) is 4. The standard InChI is InChI=1S/C16H20N2O4/c1-10(2)11-3-5-12(6-4-11)17-15(20)9-22-16(21)13-7-8-14(19)18-13/h3-6,10,13H,7-9H2,1-2H3,(H,17,20)(H,18,19)/t13-/m0/s1. The molecule has 1 fully saturated rings. The molecular weight excluding hydrogens is 284 g/mol. The molecule has 0 spiro atoms. The maximum Gasteiger partial charge on any atom is 0.329 e. The molecule has 1 atom stereocenters. The van der Waals surface area contributed by atoms with Crippen LogP contribution in [0, 0.1) is 0 Å². The number of rotatable bonds is 5. The SMILES string of the molecule is CC(C)c1ccc(NC(=O)COC(=O)[C@@H]2CCC(=O)N2)cc1. The fourth-order valence-electron chi connectivity index (χ4n) is 2.18. The van der Waals surface area contributed by atoms with Gasteiger partial charge in [0.05, 0.1) is 0 Å². The van der Waals surface area contributed by atoms with Gasteiger partial charge in [-0.1, -0.05) is 26.0 Å². The zero-order valence-electron chi connectivity index (χ0n) is 12.7. The maximum atomic E-state index is 11.7. The van der Waals surface area contributed by atoms with E-state index in [2.05, 4.69) is 24.5 Å². The number of carbonyl (C=O) groups is 3. The first-order valence-corrected chi connectivity index (χ1v) is 7.31. The van der Waals surface area contributed by atoms with Crippen LogP contribution >= 0.6 is 0 Å². The van der Waals surface area contributed by atoms with Crippen LogP contribution in [-0.2, 0) is 19.1 Å². The maximum absolute atomic E-state index is 11.7. The molecule has 0 bridgehead atoms. The van der Waals surface area contributed by atoms with Crippen molar-refractivity contribution in [1.82, 2.24) is 5.32 Å². The summed E-state index contributed by atoms with van der Waals surface area (Å²) in [5.41, 5.74) is 1.83. The summed E-state index contributed by atoms with van der Waals surface area (Å²) in [4.78, 5) is 34.4. The third kappa shape index (κ3) is 4.31. The van der Waals surface area contributed by atoms with Gasteiger partial charge in [-0.05, 0) is 30.0 Å². The summed E-state index contributed by atoms with van der Waals surface area (Å²) in [5.74, 6) is -0.727. The minimum absolute atomic E-state index is 0.170. The molecule has 0 radical (unpaired) electrons. The Morgan fingerprint density at radius 3 is 2.55 bits per heavy atom. The lowest BCUT2D eigenvalue weighted by Crippen LogP contribution is -2.36. The van der Waals surface area contributed by atoms with Gasteiger partial charge in [0, 0.05) is 12.1 Å². The first-order valence-electron chi connectivity index (χ1n) is 7.31. The van der Waals surface area contributed by atoms with Gasteiger partial charge in [-0.3, -0.25) is 9.59 Å². The van der Waals surface area contributed by atoms with Crippen molar-refractivity contribution in [2.45, 2.75) is 38.6 Å². The van der Waals surface area contributed by atoms with Crippen LogP contribution in [0.5, 0.6) is 0 Å². The van der Waals surface area contributed by atoms with E-state index in [0.29, 0.717) is 24.4 Å². The molecule has 2 rings (SSSR count). The molecule has 1 saturated heterocycles. The molecule has 0 aliphatic carbocycles. The lowest BCUT2D eigenvalue weighted by molar-refractivity contribution is -0.149. The van der Waals surface area contributed by atoms with Gasteiger partial charge in [0.1, 0.15) is 6.04 Å². The number of esters is 1. The average molecular weight is 304 g/mol. The fourth-order valence-corrected chi connectivity index (χ4v) is 2.18. The fraction of sp³-hybridized carbons (Fsp3) is 0.438. The molecule has 6 nitrogen and oxygen atoms in total. The van der Waals surface area contributed by atoms with Crippen LogP contribution in [0.4, 0.5) is 5.69 Å². The lowest BCUT2D eigenvalue weighted by atomic mass is 10.0. The van der Waals surface area contributed by atoms with Crippen LogP contribution < -0.4 is 10.6 Å². The third-order valence-corrected chi connectivity index (χ3v) is 3.49. The van der Waals surface area contributed by atoms with E-state index in [-0.39, 0.29) is 12.5 Å². The normalized spacial score (nSPS) is 17.2. The molecule has 1 heterocycles. The van der Waals surface area contributed by atoms with Crippen LogP contribution in [0.1, 0.15) is 38.2 Å². The number of ether oxygens (including phenoxy) is 1. The summed E-state index contributed by atoms with van der Waals surface area (Å²) in [5, 5.41) is 5.16. The molecule has 2 amide bonds. The highest BCUT2D eigenvalue weighted by Crippen LogP contribution is 2.17. The molecule has 22 heavy (non-hydrogen) atoms. The minimum atomic E-state index is -0.634. The Bertz CT molecular complexity index is 566. The Morgan fingerprint density at radius 1 is 1.32 bits per heavy atom. The van der Waals surface area contributed by atoms with Gasteiger partial charge in [-0.2, -0.15) is 0 Å². The first-order chi connectivity index (χ1) is 10.5. The first kappa shape index (κ1) is 16.0. The Kier molecular flexibility index (Phi) is 5.14. The van der Waals surface area contributed by atoms with Crippen LogP contribution in [0.2, 0.25) is 0 Å². The van der Waals surface area contributed by atoms with E-state index < -0.39 is 17.9 Å². The molecule has 0 unspecified atom stereocenters. The molecule has 1 aromatic carbocycles. The molecule has 6 heteroatoms. The van der Waals surface area contributed by atoms with Gasteiger partial charge >= 0.3 is 5.97 Å². The van der Waals surface area contributed by atoms with Gasteiger partial charge in [-0.15, -0.1) is 0 Å². The van der Waals surface area contributed by atoms with Crippen LogP contribution in [0.25, 0.3) is 0 Å². The molecular formula is C16H20N2O4. The summed E-state index contributed by atoms with van der Waals surface area (Å²) < 4.78 is 4.90. The Balaban J connectivity index is 1.78. The van der Waals surface area contributed by atoms with E-state index in [1.807, 2.05) is 24.3 Å². The van der Waals surface area contributed by atoms with Crippen LogP contribution in [0.15, 0.2) is 24.3 Å². The Hall–Kier alpha value is -2.37. The summed E-state index contributed by atoms with van der Waals surface area (Å²) in [6.45, 7) is 3.82. The molecule has 1 aromatic rings. The zero-order valence-corrected chi connectivity index (χ0v) is 12.7. The highest BCUT2D eigenvalue weighted by Gasteiger charge is 2.28. The van der Waals surface area contributed by atoms with Gasteiger partial charge in [0.2, 0.25) is 5.91 Å². The highest BCUT2D eigenvalue weighted by molar-refractivity contribution is 5.94. The lowest BCUT2D eigenvalue weighted by Gasteiger charge is -2.11. The van der Waals surface area contributed by atoms with E-state index in [1.54, 1.807) is 0 Å².